The molecule has 0 aromatic heterocycles. The third-order valence-corrected chi connectivity index (χ3v) is 4.62. The van der Waals surface area contributed by atoms with Gasteiger partial charge in [0.05, 0.1) is 0 Å². The topological polar surface area (TPSA) is 58.2 Å². The van der Waals surface area contributed by atoms with Crippen LogP contribution in [-0.4, -0.2) is 18.4 Å². The zero-order chi connectivity index (χ0) is 20.0. The molecule has 2 aromatic rings. The molecule has 0 aliphatic heterocycles. The molecule has 2 N–H and O–H groups in total. The van der Waals surface area contributed by atoms with Gasteiger partial charge in [-0.15, -0.1) is 0 Å². The fourth-order valence-corrected chi connectivity index (χ4v) is 2.84. The third kappa shape index (κ3) is 6.24. The second kappa shape index (κ2) is 8.85. The third-order valence-electron chi connectivity index (χ3n) is 4.62. The van der Waals surface area contributed by atoms with Crippen LogP contribution in [-0.2, 0) is 16.8 Å². The van der Waals surface area contributed by atoms with E-state index in [-0.39, 0.29) is 23.7 Å². The van der Waals surface area contributed by atoms with Crippen molar-refractivity contribution in [2.75, 3.05) is 6.54 Å². The maximum Gasteiger partial charge on any atom is 0.251 e. The lowest BCUT2D eigenvalue weighted by Gasteiger charge is -2.19. The number of rotatable bonds is 6. The second-order valence-corrected chi connectivity index (χ2v) is 8.04. The summed E-state index contributed by atoms with van der Waals surface area (Å²) in [5.41, 5.74) is 5.34. The van der Waals surface area contributed by atoms with Crippen molar-refractivity contribution in [2.24, 2.45) is 0 Å². The molecule has 4 heteroatoms. The summed E-state index contributed by atoms with van der Waals surface area (Å²) in [6, 6.07) is 13.8. The molecule has 2 rings (SSSR count). The van der Waals surface area contributed by atoms with Gasteiger partial charge in [0.25, 0.3) is 5.91 Å². The molecular formula is C23H30N2O2. The van der Waals surface area contributed by atoms with Gasteiger partial charge in [0, 0.05) is 25.1 Å². The standard InChI is InChI=1S/C23H30N2O2/c1-16-6-7-19(17(2)14-16)15-25-21(26)12-13-24-22(27)18-8-10-20(11-9-18)23(3,4)5/h6-11,14H,12-13,15H2,1-5H3,(H,24,27)(H,25,26). The van der Waals surface area contributed by atoms with E-state index in [0.717, 1.165) is 5.56 Å². The van der Waals surface area contributed by atoms with Crippen LogP contribution in [0.25, 0.3) is 0 Å². The summed E-state index contributed by atoms with van der Waals surface area (Å²) < 4.78 is 0. The molecule has 0 aliphatic carbocycles. The molecule has 0 bridgehead atoms. The summed E-state index contributed by atoms with van der Waals surface area (Å²) >= 11 is 0. The molecule has 0 radical (unpaired) electrons. The number of aryl methyl sites for hydroxylation is 2. The van der Waals surface area contributed by atoms with Crippen molar-refractivity contribution >= 4 is 11.8 Å². The smallest absolute Gasteiger partial charge is 0.251 e. The minimum Gasteiger partial charge on any atom is -0.352 e. The predicted molar refractivity (Wildman–Crippen MR) is 110 cm³/mol. The van der Waals surface area contributed by atoms with Gasteiger partial charge in [-0.3, -0.25) is 9.59 Å². The maximum absolute atomic E-state index is 12.2. The van der Waals surface area contributed by atoms with E-state index in [2.05, 4.69) is 44.4 Å². The zero-order valence-corrected chi connectivity index (χ0v) is 17.0. The van der Waals surface area contributed by atoms with E-state index in [9.17, 15) is 9.59 Å². The number of nitrogens with one attached hydrogen (secondary N) is 2. The summed E-state index contributed by atoms with van der Waals surface area (Å²) in [5, 5.41) is 5.71. The molecule has 27 heavy (non-hydrogen) atoms. The van der Waals surface area contributed by atoms with Gasteiger partial charge in [-0.05, 0) is 48.1 Å². The first-order valence-electron chi connectivity index (χ1n) is 9.38. The van der Waals surface area contributed by atoms with E-state index in [0.29, 0.717) is 18.7 Å². The fraction of sp³-hybridized carbons (Fsp3) is 0.391. The molecule has 0 spiro atoms. The van der Waals surface area contributed by atoms with Crippen LogP contribution in [0, 0.1) is 13.8 Å². The number of hydrogen-bond acceptors (Lipinski definition) is 2. The fourth-order valence-electron chi connectivity index (χ4n) is 2.84. The Hall–Kier alpha value is -2.62. The first-order valence-corrected chi connectivity index (χ1v) is 9.38. The Morgan fingerprint density at radius 3 is 2.19 bits per heavy atom. The van der Waals surface area contributed by atoms with E-state index in [4.69, 9.17) is 0 Å². The van der Waals surface area contributed by atoms with Crippen LogP contribution in [0.3, 0.4) is 0 Å². The van der Waals surface area contributed by atoms with Crippen LogP contribution >= 0.6 is 0 Å². The van der Waals surface area contributed by atoms with Crippen molar-refractivity contribution in [3.63, 3.8) is 0 Å². The summed E-state index contributed by atoms with van der Waals surface area (Å²) in [4.78, 5) is 24.2. The molecular weight excluding hydrogens is 336 g/mol. The van der Waals surface area contributed by atoms with E-state index in [1.807, 2.05) is 43.3 Å². The molecule has 0 heterocycles. The van der Waals surface area contributed by atoms with Gasteiger partial charge in [0.1, 0.15) is 0 Å². The monoisotopic (exact) mass is 366 g/mol. The van der Waals surface area contributed by atoms with Gasteiger partial charge >= 0.3 is 0 Å². The highest BCUT2D eigenvalue weighted by Gasteiger charge is 2.14. The number of carbonyl (C=O) groups is 2. The zero-order valence-electron chi connectivity index (χ0n) is 17.0. The van der Waals surface area contributed by atoms with Gasteiger partial charge in [0.2, 0.25) is 5.91 Å². The van der Waals surface area contributed by atoms with Crippen LogP contribution in [0.2, 0.25) is 0 Å². The van der Waals surface area contributed by atoms with Crippen molar-refractivity contribution in [1.82, 2.24) is 10.6 Å². The average molecular weight is 367 g/mol. The summed E-state index contributed by atoms with van der Waals surface area (Å²) in [6.07, 6.45) is 0.261. The Balaban J connectivity index is 1.76. The number of amides is 2. The van der Waals surface area contributed by atoms with Crippen LogP contribution in [0.4, 0.5) is 0 Å². The van der Waals surface area contributed by atoms with Crippen LogP contribution in [0.5, 0.6) is 0 Å². The Kier molecular flexibility index (Phi) is 6.78. The normalized spacial score (nSPS) is 11.1. The van der Waals surface area contributed by atoms with E-state index < -0.39 is 0 Å². The van der Waals surface area contributed by atoms with Crippen molar-refractivity contribution in [3.8, 4) is 0 Å². The SMILES string of the molecule is Cc1ccc(CNC(=O)CCNC(=O)c2ccc(C(C)(C)C)cc2)c(C)c1. The van der Waals surface area contributed by atoms with Gasteiger partial charge in [-0.2, -0.15) is 0 Å². The molecule has 0 atom stereocenters. The van der Waals surface area contributed by atoms with Gasteiger partial charge in [-0.25, -0.2) is 0 Å². The molecule has 2 aromatic carbocycles. The molecule has 0 saturated carbocycles. The van der Waals surface area contributed by atoms with Crippen molar-refractivity contribution in [1.29, 1.82) is 0 Å². The van der Waals surface area contributed by atoms with Gasteiger partial charge < -0.3 is 10.6 Å². The Bertz CT molecular complexity index is 802. The molecule has 2 amide bonds. The van der Waals surface area contributed by atoms with E-state index in [1.165, 1.54) is 16.7 Å². The molecule has 0 unspecified atom stereocenters. The highest BCUT2D eigenvalue weighted by molar-refractivity contribution is 5.94. The number of carbonyl (C=O) groups excluding carboxylic acids is 2. The van der Waals surface area contributed by atoms with Gasteiger partial charge in [0.15, 0.2) is 0 Å². The first kappa shape index (κ1) is 20.7. The summed E-state index contributed by atoms with van der Waals surface area (Å²) in [6.45, 7) is 11.3. The molecule has 0 fully saturated rings. The lowest BCUT2D eigenvalue weighted by atomic mass is 9.87. The average Bonchev–Trinajstić information content (AvgIpc) is 2.60. The molecule has 4 nitrogen and oxygen atoms in total. The lowest BCUT2D eigenvalue weighted by molar-refractivity contribution is -0.121. The molecule has 0 saturated heterocycles. The summed E-state index contributed by atoms with van der Waals surface area (Å²) in [5.74, 6) is -0.226. The molecule has 0 aliphatic rings. The number of benzene rings is 2. The first-order chi connectivity index (χ1) is 12.7. The van der Waals surface area contributed by atoms with Gasteiger partial charge in [-0.1, -0.05) is 56.7 Å². The lowest BCUT2D eigenvalue weighted by Crippen LogP contribution is -2.30. The molecule has 144 valence electrons. The Morgan fingerprint density at radius 2 is 1.59 bits per heavy atom. The summed E-state index contributed by atoms with van der Waals surface area (Å²) in [7, 11) is 0. The number of hydrogen-bond donors (Lipinski definition) is 2. The van der Waals surface area contributed by atoms with E-state index in [1.54, 1.807) is 0 Å². The largest absolute Gasteiger partial charge is 0.352 e. The second-order valence-electron chi connectivity index (χ2n) is 8.04. The minimum atomic E-state index is -0.155. The van der Waals surface area contributed by atoms with Crippen molar-refractivity contribution in [3.05, 3.63) is 70.3 Å². The van der Waals surface area contributed by atoms with Crippen molar-refractivity contribution in [2.45, 2.75) is 53.0 Å². The van der Waals surface area contributed by atoms with Crippen LogP contribution < -0.4 is 10.6 Å². The highest BCUT2D eigenvalue weighted by atomic mass is 16.2. The Labute approximate surface area is 162 Å². The van der Waals surface area contributed by atoms with Crippen LogP contribution in [0.1, 0.15) is 59.8 Å². The quantitative estimate of drug-likeness (QED) is 0.811. The van der Waals surface area contributed by atoms with E-state index >= 15 is 0 Å². The minimum absolute atomic E-state index is 0.0584. The highest BCUT2D eigenvalue weighted by Crippen LogP contribution is 2.22. The Morgan fingerprint density at radius 1 is 0.926 bits per heavy atom. The van der Waals surface area contributed by atoms with Crippen molar-refractivity contribution < 1.29 is 9.59 Å². The van der Waals surface area contributed by atoms with Crippen LogP contribution in [0.15, 0.2) is 42.5 Å². The maximum atomic E-state index is 12.2. The predicted octanol–water partition coefficient (Wildman–Crippen LogP) is 4.04.